The van der Waals surface area contributed by atoms with E-state index in [0.29, 0.717) is 45.2 Å². The maximum atomic E-state index is 14.1. The predicted octanol–water partition coefficient (Wildman–Crippen LogP) is 9.71. The first-order valence-corrected chi connectivity index (χ1v) is 18.1. The third-order valence-corrected chi connectivity index (χ3v) is 10.6. The molecule has 1 unspecified atom stereocenters. The maximum absolute atomic E-state index is 14.1. The van der Waals surface area contributed by atoms with E-state index in [-0.39, 0.29) is 5.69 Å². The van der Waals surface area contributed by atoms with Crippen molar-refractivity contribution in [2.45, 2.75) is 59.5 Å². The molecule has 0 amide bonds. The molecule has 0 aliphatic carbocycles. The molecule has 0 bridgehead atoms. The number of anilines is 2. The maximum Gasteiger partial charge on any atom is 0.280 e. The van der Waals surface area contributed by atoms with E-state index < -0.39 is 6.43 Å². The van der Waals surface area contributed by atoms with Crippen molar-refractivity contribution in [3.8, 4) is 28.7 Å². The second-order valence-corrected chi connectivity index (χ2v) is 14.4. The van der Waals surface area contributed by atoms with E-state index in [2.05, 4.69) is 39.2 Å². The zero-order chi connectivity index (χ0) is 35.9. The lowest BCUT2D eigenvalue weighted by molar-refractivity contribution is 0.146. The molecule has 2 saturated heterocycles. The predicted molar refractivity (Wildman–Crippen MR) is 200 cm³/mol. The summed E-state index contributed by atoms with van der Waals surface area (Å²) in [5.41, 5.74) is 9.37. The molecule has 52 heavy (non-hydrogen) atoms. The van der Waals surface area contributed by atoms with Crippen molar-refractivity contribution < 1.29 is 13.2 Å². The lowest BCUT2D eigenvalue weighted by atomic mass is 9.93. The van der Waals surface area contributed by atoms with Gasteiger partial charge in [-0.1, -0.05) is 31.2 Å². The average Bonchev–Trinajstić information content (AvgIpc) is 3.90. The van der Waals surface area contributed by atoms with Crippen LogP contribution in [0.2, 0.25) is 0 Å². The van der Waals surface area contributed by atoms with Crippen molar-refractivity contribution in [3.05, 3.63) is 100 Å². The van der Waals surface area contributed by atoms with Crippen LogP contribution in [0.25, 0.3) is 44.6 Å². The van der Waals surface area contributed by atoms with E-state index in [0.717, 1.165) is 83.9 Å². The van der Waals surface area contributed by atoms with Crippen molar-refractivity contribution in [3.63, 3.8) is 0 Å². The number of likely N-dealkylation sites (tertiary alicyclic amines) is 2. The zero-order valence-corrected chi connectivity index (χ0v) is 29.7. The lowest BCUT2D eigenvalue weighted by Gasteiger charge is -2.18. The van der Waals surface area contributed by atoms with Crippen LogP contribution in [-0.2, 0) is 13.1 Å². The van der Waals surface area contributed by atoms with Gasteiger partial charge in [0.2, 0.25) is 5.89 Å². The fraction of sp³-hybridized carbons (Fsp3) is 0.333. The highest BCUT2D eigenvalue weighted by atomic mass is 19.3. The van der Waals surface area contributed by atoms with E-state index in [4.69, 9.17) is 14.4 Å². The molecule has 2 aliphatic heterocycles. The normalized spacial score (nSPS) is 16.8. The number of benzene rings is 3. The van der Waals surface area contributed by atoms with Gasteiger partial charge in [0.05, 0.1) is 5.56 Å². The molecule has 6 aromatic rings. The molecule has 1 atom stereocenters. The van der Waals surface area contributed by atoms with Crippen LogP contribution in [0.3, 0.4) is 0 Å². The summed E-state index contributed by atoms with van der Waals surface area (Å²) in [6, 6.07) is 21.6. The van der Waals surface area contributed by atoms with Gasteiger partial charge < -0.3 is 9.73 Å². The molecule has 2 fully saturated rings. The standard InChI is InChI=1S/C42H41F2N7O/c1-25-12-15-51(22-25)23-28-16-31(20-45)39-36(18-28)49-42(52-39)34-10-6-8-32(26(34)2)33-9-7-11-35(27(33)3)47-41-38-30(19-37(48-41)40(43)44)17-29(21-46-38)24-50-13-4-5-14-50/h6-11,16-19,21,25,40H,4-5,12-15,22-24H2,1-3H3,(H,47,48). The van der Waals surface area contributed by atoms with Gasteiger partial charge in [-0.05, 0) is 128 Å². The number of hydrogen-bond acceptors (Lipinski definition) is 8. The second kappa shape index (κ2) is 14.1. The minimum Gasteiger partial charge on any atom is -0.435 e. The van der Waals surface area contributed by atoms with Crippen molar-refractivity contribution in [1.29, 1.82) is 5.26 Å². The number of hydrogen-bond donors (Lipinski definition) is 1. The van der Waals surface area contributed by atoms with E-state index in [1.165, 1.54) is 25.3 Å². The summed E-state index contributed by atoms with van der Waals surface area (Å²) in [7, 11) is 0. The number of halogens is 2. The van der Waals surface area contributed by atoms with Crippen molar-refractivity contribution in [2.75, 3.05) is 31.5 Å². The highest BCUT2D eigenvalue weighted by Crippen LogP contribution is 2.38. The molecule has 1 N–H and O–H groups in total. The van der Waals surface area contributed by atoms with Gasteiger partial charge in [-0.2, -0.15) is 5.26 Å². The smallest absolute Gasteiger partial charge is 0.280 e. The van der Waals surface area contributed by atoms with Crippen molar-refractivity contribution in [1.82, 2.24) is 24.8 Å². The van der Waals surface area contributed by atoms with Gasteiger partial charge in [0.1, 0.15) is 22.8 Å². The van der Waals surface area contributed by atoms with Gasteiger partial charge in [0.15, 0.2) is 11.4 Å². The molecule has 0 radical (unpaired) electrons. The number of pyridine rings is 2. The Kier molecular flexibility index (Phi) is 9.16. The number of nitrogens with zero attached hydrogens (tertiary/aromatic N) is 6. The molecule has 264 valence electrons. The molecule has 0 spiro atoms. The minimum atomic E-state index is -2.72. The van der Waals surface area contributed by atoms with Gasteiger partial charge in [0.25, 0.3) is 6.43 Å². The highest BCUT2D eigenvalue weighted by molar-refractivity contribution is 5.92. The third-order valence-electron chi connectivity index (χ3n) is 10.6. The molecule has 5 heterocycles. The molecule has 8 rings (SSSR count). The van der Waals surface area contributed by atoms with Crippen LogP contribution < -0.4 is 5.32 Å². The van der Waals surface area contributed by atoms with Gasteiger partial charge in [0, 0.05) is 42.5 Å². The van der Waals surface area contributed by atoms with E-state index >= 15 is 0 Å². The Morgan fingerprint density at radius 2 is 1.65 bits per heavy atom. The Morgan fingerprint density at radius 3 is 2.40 bits per heavy atom. The van der Waals surface area contributed by atoms with Crippen molar-refractivity contribution in [2.24, 2.45) is 5.92 Å². The van der Waals surface area contributed by atoms with Gasteiger partial charge in [-0.3, -0.25) is 14.8 Å². The zero-order valence-electron chi connectivity index (χ0n) is 29.7. The largest absolute Gasteiger partial charge is 0.435 e. The van der Waals surface area contributed by atoms with Crippen LogP contribution >= 0.6 is 0 Å². The Balaban J connectivity index is 1.12. The van der Waals surface area contributed by atoms with Crippen LogP contribution in [0.15, 0.2) is 71.3 Å². The number of fused-ring (bicyclic) bond motifs is 2. The summed E-state index contributed by atoms with van der Waals surface area (Å²) < 4.78 is 34.5. The van der Waals surface area contributed by atoms with Gasteiger partial charge in [-0.25, -0.2) is 18.7 Å². The van der Waals surface area contributed by atoms with Crippen LogP contribution in [0.5, 0.6) is 0 Å². The number of aromatic nitrogens is 3. The fourth-order valence-corrected chi connectivity index (χ4v) is 7.85. The Bertz CT molecular complexity index is 2340. The first-order valence-electron chi connectivity index (χ1n) is 18.1. The SMILES string of the molecule is Cc1c(Nc2nc(C(F)F)cc3cc(CN4CCCC4)cnc23)cccc1-c1cccc(-c2nc3cc(CN4CCC(C)C4)cc(C#N)c3o2)c1C. The molecule has 3 aromatic carbocycles. The monoisotopic (exact) mass is 697 g/mol. The van der Waals surface area contributed by atoms with Crippen LogP contribution in [-0.4, -0.2) is 50.9 Å². The third kappa shape index (κ3) is 6.62. The molecule has 3 aromatic heterocycles. The fourth-order valence-electron chi connectivity index (χ4n) is 7.85. The number of alkyl halides is 2. The van der Waals surface area contributed by atoms with Crippen LogP contribution in [0, 0.1) is 31.1 Å². The highest BCUT2D eigenvalue weighted by Gasteiger charge is 2.22. The summed E-state index contributed by atoms with van der Waals surface area (Å²) in [5, 5.41) is 14.0. The Morgan fingerprint density at radius 1 is 0.904 bits per heavy atom. The molecular weight excluding hydrogens is 657 g/mol. The summed E-state index contributed by atoms with van der Waals surface area (Å²) in [6.45, 7) is 12.0. The average molecular weight is 698 g/mol. The number of nitriles is 1. The van der Waals surface area contributed by atoms with E-state index in [1.54, 1.807) is 0 Å². The molecule has 10 heteroatoms. The van der Waals surface area contributed by atoms with Gasteiger partial charge in [-0.15, -0.1) is 0 Å². The summed E-state index contributed by atoms with van der Waals surface area (Å²) in [4.78, 5) is 18.7. The molecule has 8 nitrogen and oxygen atoms in total. The number of nitrogens with one attached hydrogen (secondary N) is 1. The first kappa shape index (κ1) is 33.9. The number of oxazole rings is 1. The second-order valence-electron chi connectivity index (χ2n) is 14.4. The quantitative estimate of drug-likeness (QED) is 0.160. The summed E-state index contributed by atoms with van der Waals surface area (Å²) >= 11 is 0. The summed E-state index contributed by atoms with van der Waals surface area (Å²) in [5.74, 6) is 1.43. The number of rotatable bonds is 9. The first-order chi connectivity index (χ1) is 25.2. The minimum absolute atomic E-state index is 0.289. The molecule has 2 aliphatic rings. The topological polar surface area (TPSA) is 94.1 Å². The lowest BCUT2D eigenvalue weighted by Crippen LogP contribution is -2.19. The Labute approximate surface area is 302 Å². The van der Waals surface area contributed by atoms with E-state index in [9.17, 15) is 14.0 Å². The van der Waals surface area contributed by atoms with Gasteiger partial charge >= 0.3 is 0 Å². The summed E-state index contributed by atoms with van der Waals surface area (Å²) in [6.07, 6.45) is 2.65. The van der Waals surface area contributed by atoms with Crippen LogP contribution in [0.4, 0.5) is 20.3 Å². The molecule has 0 saturated carbocycles. The van der Waals surface area contributed by atoms with Crippen LogP contribution in [0.1, 0.15) is 66.1 Å². The van der Waals surface area contributed by atoms with E-state index in [1.807, 2.05) is 68.6 Å². The van der Waals surface area contributed by atoms with Crippen molar-refractivity contribution >= 4 is 33.5 Å². The Hall–Kier alpha value is -5.24. The molecular formula is C42H41F2N7O.